The van der Waals surface area contributed by atoms with Crippen LogP contribution < -0.4 is 0 Å². The first-order valence-electron chi connectivity index (χ1n) is 6.93. The Morgan fingerprint density at radius 3 is 2.37 bits per heavy atom. The molecule has 2 rings (SSSR count). The lowest BCUT2D eigenvalue weighted by atomic mass is 9.76. The van der Waals surface area contributed by atoms with Crippen molar-refractivity contribution in [3.63, 3.8) is 0 Å². The van der Waals surface area contributed by atoms with E-state index in [0.717, 1.165) is 31.6 Å². The molecule has 108 valence electrons. The van der Waals surface area contributed by atoms with Crippen LogP contribution in [0.5, 0.6) is 11.5 Å². The summed E-state index contributed by atoms with van der Waals surface area (Å²) in [4.78, 5) is 2.50. The van der Waals surface area contributed by atoms with E-state index in [9.17, 15) is 10.2 Å². The molecule has 3 nitrogen and oxygen atoms in total. The van der Waals surface area contributed by atoms with Crippen molar-refractivity contribution in [1.82, 2.24) is 4.90 Å². The Morgan fingerprint density at radius 2 is 1.79 bits per heavy atom. The summed E-state index contributed by atoms with van der Waals surface area (Å²) in [7, 11) is 0. The van der Waals surface area contributed by atoms with Gasteiger partial charge in [0.25, 0.3) is 0 Å². The second kappa shape index (κ2) is 7.01. The molecule has 0 amide bonds. The molecule has 1 aliphatic rings. The second-order valence-electron chi connectivity index (χ2n) is 5.20. The first-order valence-corrected chi connectivity index (χ1v) is 6.93. The molecule has 1 atom stereocenters. The van der Waals surface area contributed by atoms with Crippen molar-refractivity contribution in [2.75, 3.05) is 19.6 Å². The van der Waals surface area contributed by atoms with Gasteiger partial charge < -0.3 is 15.1 Å². The van der Waals surface area contributed by atoms with Crippen molar-refractivity contribution in [2.24, 2.45) is 0 Å². The number of hydrogen-bond acceptors (Lipinski definition) is 3. The molecule has 0 saturated carbocycles. The molecular weight excluding hydrogens is 262 g/mol. The first-order chi connectivity index (χ1) is 8.67. The number of halogens is 1. The molecule has 0 heterocycles. The van der Waals surface area contributed by atoms with Crippen molar-refractivity contribution in [3.8, 4) is 11.5 Å². The molecule has 19 heavy (non-hydrogen) atoms. The molecule has 0 spiro atoms. The predicted octanol–water partition coefficient (Wildman–Crippen LogP) is 3.28. The number of nitrogens with zero attached hydrogens (tertiary/aromatic N) is 1. The zero-order chi connectivity index (χ0) is 13.1. The zero-order valence-corrected chi connectivity index (χ0v) is 12.5. The van der Waals surface area contributed by atoms with Gasteiger partial charge in [-0.15, -0.1) is 12.4 Å². The van der Waals surface area contributed by atoms with Gasteiger partial charge in [0.2, 0.25) is 0 Å². The summed E-state index contributed by atoms with van der Waals surface area (Å²) in [6.07, 6.45) is 3.25. The topological polar surface area (TPSA) is 43.7 Å². The minimum absolute atomic E-state index is 0. The highest BCUT2D eigenvalue weighted by molar-refractivity contribution is 5.85. The van der Waals surface area contributed by atoms with Gasteiger partial charge >= 0.3 is 0 Å². The van der Waals surface area contributed by atoms with Crippen LogP contribution in [-0.2, 0) is 6.42 Å². The third-order valence-corrected chi connectivity index (χ3v) is 3.75. The van der Waals surface area contributed by atoms with Crippen LogP contribution in [0.2, 0.25) is 0 Å². The second-order valence-corrected chi connectivity index (χ2v) is 5.20. The molecule has 0 aliphatic heterocycles. The van der Waals surface area contributed by atoms with Crippen LogP contribution in [0.25, 0.3) is 0 Å². The Kier molecular flexibility index (Phi) is 5.95. The fraction of sp³-hybridized carbons (Fsp3) is 0.600. The lowest BCUT2D eigenvalue weighted by Gasteiger charge is -2.35. The maximum Gasteiger partial charge on any atom is 0.160 e. The molecule has 1 unspecified atom stereocenters. The summed E-state index contributed by atoms with van der Waals surface area (Å²) in [6, 6.07) is 3.55. The maximum absolute atomic E-state index is 9.73. The van der Waals surface area contributed by atoms with E-state index in [4.69, 9.17) is 0 Å². The molecule has 0 aromatic heterocycles. The van der Waals surface area contributed by atoms with Gasteiger partial charge in [-0.25, -0.2) is 0 Å². The number of rotatable bonds is 6. The molecule has 2 N–H and O–H groups in total. The normalized spacial score (nSPS) is 16.7. The fourth-order valence-electron chi connectivity index (χ4n) is 2.86. The summed E-state index contributed by atoms with van der Waals surface area (Å²) in [5.41, 5.74) is 2.15. The van der Waals surface area contributed by atoms with Gasteiger partial charge in [-0.05, 0) is 44.0 Å². The van der Waals surface area contributed by atoms with Gasteiger partial charge in [-0.2, -0.15) is 0 Å². The van der Waals surface area contributed by atoms with E-state index < -0.39 is 0 Å². The molecular formula is C15H24ClNO2. The molecule has 0 bridgehead atoms. The predicted molar refractivity (Wildman–Crippen MR) is 80.5 cm³/mol. The number of fused-ring (bicyclic) bond motifs is 1. The summed E-state index contributed by atoms with van der Waals surface area (Å²) < 4.78 is 0. The minimum Gasteiger partial charge on any atom is -0.504 e. The lowest BCUT2D eigenvalue weighted by Crippen LogP contribution is -2.34. The summed E-state index contributed by atoms with van der Waals surface area (Å²) in [6.45, 7) is 7.77. The number of phenolic OH excluding ortho intramolecular Hbond substituents is 2. The van der Waals surface area contributed by atoms with Crippen molar-refractivity contribution >= 4 is 12.4 Å². The van der Waals surface area contributed by atoms with E-state index in [0.29, 0.717) is 5.92 Å². The van der Waals surface area contributed by atoms with Gasteiger partial charge in [0.05, 0.1) is 0 Å². The van der Waals surface area contributed by atoms with E-state index in [1.165, 1.54) is 18.4 Å². The largest absolute Gasteiger partial charge is 0.504 e. The Bertz CT molecular complexity index is 417. The van der Waals surface area contributed by atoms with E-state index in [2.05, 4.69) is 18.7 Å². The van der Waals surface area contributed by atoms with E-state index >= 15 is 0 Å². The zero-order valence-electron chi connectivity index (χ0n) is 11.7. The third-order valence-electron chi connectivity index (χ3n) is 3.75. The maximum atomic E-state index is 9.73. The highest BCUT2D eigenvalue weighted by Gasteiger charge is 2.31. The van der Waals surface area contributed by atoms with E-state index in [-0.39, 0.29) is 23.9 Å². The van der Waals surface area contributed by atoms with Crippen LogP contribution in [0.1, 0.15) is 43.7 Å². The Labute approximate surface area is 121 Å². The van der Waals surface area contributed by atoms with Gasteiger partial charge in [0.1, 0.15) is 0 Å². The summed E-state index contributed by atoms with van der Waals surface area (Å²) in [5, 5.41) is 19.2. The van der Waals surface area contributed by atoms with E-state index in [1.807, 2.05) is 6.07 Å². The number of phenols is 2. The number of aromatic hydroxyl groups is 2. The highest BCUT2D eigenvalue weighted by atomic mass is 35.5. The summed E-state index contributed by atoms with van der Waals surface area (Å²) >= 11 is 0. The van der Waals surface area contributed by atoms with Crippen LogP contribution in [0, 0.1) is 0 Å². The highest BCUT2D eigenvalue weighted by Crippen LogP contribution is 2.44. The van der Waals surface area contributed by atoms with Crippen molar-refractivity contribution in [3.05, 3.63) is 23.3 Å². The van der Waals surface area contributed by atoms with Crippen molar-refractivity contribution in [2.45, 2.75) is 39.0 Å². The van der Waals surface area contributed by atoms with E-state index in [1.54, 1.807) is 6.07 Å². The standard InChI is InChI=1S/C15H23NO2.ClH/c1-3-7-16(8-4-2)10-11-9-13-12(11)5-6-14(17)15(13)18;/h5-6,11,17-18H,3-4,7-10H2,1-2H3;1H. The SMILES string of the molecule is CCCN(CCC)CC1Cc2c1ccc(O)c2O.Cl. The number of hydrogen-bond donors (Lipinski definition) is 2. The Balaban J connectivity index is 0.00000180. The smallest absolute Gasteiger partial charge is 0.160 e. The Morgan fingerprint density at radius 1 is 1.16 bits per heavy atom. The van der Waals surface area contributed by atoms with Crippen LogP contribution in [0.3, 0.4) is 0 Å². The lowest BCUT2D eigenvalue weighted by molar-refractivity contribution is 0.246. The first kappa shape index (κ1) is 16.1. The van der Waals surface area contributed by atoms with Gasteiger partial charge in [-0.1, -0.05) is 19.9 Å². The van der Waals surface area contributed by atoms with Crippen LogP contribution in [-0.4, -0.2) is 34.7 Å². The quantitative estimate of drug-likeness (QED) is 0.789. The van der Waals surface area contributed by atoms with Crippen molar-refractivity contribution < 1.29 is 10.2 Å². The van der Waals surface area contributed by atoms with Crippen LogP contribution in [0.15, 0.2) is 12.1 Å². The van der Waals surface area contributed by atoms with Gasteiger partial charge in [0.15, 0.2) is 11.5 Å². The van der Waals surface area contributed by atoms with Crippen LogP contribution >= 0.6 is 12.4 Å². The number of benzene rings is 1. The fourth-order valence-corrected chi connectivity index (χ4v) is 2.86. The van der Waals surface area contributed by atoms with Gasteiger partial charge in [-0.3, -0.25) is 0 Å². The molecule has 1 aliphatic carbocycles. The third kappa shape index (κ3) is 3.34. The molecule has 1 aromatic carbocycles. The van der Waals surface area contributed by atoms with Gasteiger partial charge in [0, 0.05) is 18.0 Å². The minimum atomic E-state index is 0. The average Bonchev–Trinajstić information content (AvgIpc) is 2.32. The monoisotopic (exact) mass is 285 g/mol. The molecule has 0 saturated heterocycles. The Hall–Kier alpha value is -0.930. The average molecular weight is 286 g/mol. The van der Waals surface area contributed by atoms with Crippen molar-refractivity contribution in [1.29, 1.82) is 0 Å². The molecule has 4 heteroatoms. The molecule has 0 radical (unpaired) electrons. The molecule has 0 fully saturated rings. The van der Waals surface area contributed by atoms with Crippen LogP contribution in [0.4, 0.5) is 0 Å². The molecule has 1 aromatic rings. The summed E-state index contributed by atoms with van der Waals surface area (Å²) in [5.74, 6) is 0.608.